The van der Waals surface area contributed by atoms with Crippen molar-refractivity contribution in [3.63, 3.8) is 0 Å². The minimum atomic E-state index is -0.0303. The molecule has 0 aliphatic carbocycles. The van der Waals surface area contributed by atoms with E-state index in [4.69, 9.17) is 4.74 Å². The minimum Gasteiger partial charge on any atom is -0.382 e. The smallest absolute Gasteiger partial charge is 0.227 e. The van der Waals surface area contributed by atoms with Gasteiger partial charge < -0.3 is 15.4 Å². The Labute approximate surface area is 126 Å². The van der Waals surface area contributed by atoms with E-state index < -0.39 is 0 Å². The second-order valence-electron chi connectivity index (χ2n) is 6.23. The van der Waals surface area contributed by atoms with Gasteiger partial charge in [-0.3, -0.25) is 4.79 Å². The first-order chi connectivity index (χ1) is 10.2. The molecule has 4 nitrogen and oxygen atoms in total. The van der Waals surface area contributed by atoms with Crippen LogP contribution >= 0.6 is 0 Å². The number of amides is 1. The summed E-state index contributed by atoms with van der Waals surface area (Å²) >= 11 is 0. The number of hydrogen-bond acceptors (Lipinski definition) is 3. The van der Waals surface area contributed by atoms with Gasteiger partial charge in [0.25, 0.3) is 0 Å². The van der Waals surface area contributed by atoms with Crippen molar-refractivity contribution in [2.24, 2.45) is 5.92 Å². The lowest BCUT2D eigenvalue weighted by Crippen LogP contribution is -2.36. The quantitative estimate of drug-likeness (QED) is 0.895. The Kier molecular flexibility index (Phi) is 4.44. The number of anilines is 1. The molecule has 1 aromatic carbocycles. The molecule has 2 aliphatic rings. The summed E-state index contributed by atoms with van der Waals surface area (Å²) in [4.78, 5) is 12.5. The van der Waals surface area contributed by atoms with Gasteiger partial charge in [0.15, 0.2) is 0 Å². The van der Waals surface area contributed by atoms with Crippen molar-refractivity contribution in [1.82, 2.24) is 5.32 Å². The molecular weight excluding hydrogens is 264 g/mol. The third-order valence-electron chi connectivity index (χ3n) is 4.52. The molecule has 0 radical (unpaired) electrons. The molecule has 0 spiro atoms. The largest absolute Gasteiger partial charge is 0.382 e. The van der Waals surface area contributed by atoms with Gasteiger partial charge in [0.1, 0.15) is 0 Å². The Hall–Kier alpha value is -1.55. The van der Waals surface area contributed by atoms with Gasteiger partial charge in [0.05, 0.1) is 5.92 Å². The van der Waals surface area contributed by atoms with E-state index in [0.717, 1.165) is 50.3 Å². The summed E-state index contributed by atoms with van der Waals surface area (Å²) in [5.41, 5.74) is 2.22. The molecule has 3 atom stereocenters. The maximum absolute atomic E-state index is 12.5. The van der Waals surface area contributed by atoms with Crippen molar-refractivity contribution < 1.29 is 9.53 Å². The van der Waals surface area contributed by atoms with E-state index in [1.807, 2.05) is 12.1 Å². The zero-order chi connectivity index (χ0) is 14.7. The van der Waals surface area contributed by atoms with Crippen LogP contribution in [0.15, 0.2) is 24.3 Å². The molecule has 0 bridgehead atoms. The highest BCUT2D eigenvalue weighted by Gasteiger charge is 2.29. The van der Waals surface area contributed by atoms with Gasteiger partial charge in [-0.2, -0.15) is 0 Å². The highest BCUT2D eigenvalue weighted by molar-refractivity contribution is 5.86. The first-order valence-electron chi connectivity index (χ1n) is 7.95. The molecule has 4 heteroatoms. The molecule has 1 amide bonds. The number of fused-ring (bicyclic) bond motifs is 1. The number of carbonyl (C=O) groups is 1. The molecule has 3 rings (SSSR count). The summed E-state index contributed by atoms with van der Waals surface area (Å²) in [6, 6.07) is 8.47. The number of para-hydroxylation sites is 1. The van der Waals surface area contributed by atoms with Crippen molar-refractivity contribution in [1.29, 1.82) is 0 Å². The van der Waals surface area contributed by atoms with Crippen LogP contribution in [0.25, 0.3) is 0 Å². The predicted molar refractivity (Wildman–Crippen MR) is 83.4 cm³/mol. The van der Waals surface area contributed by atoms with Crippen LogP contribution in [-0.2, 0) is 9.53 Å². The fourth-order valence-electron chi connectivity index (χ4n) is 3.32. The van der Waals surface area contributed by atoms with Crippen LogP contribution in [-0.4, -0.2) is 31.7 Å². The van der Waals surface area contributed by atoms with Gasteiger partial charge in [0.2, 0.25) is 5.91 Å². The third-order valence-corrected chi connectivity index (χ3v) is 4.52. The van der Waals surface area contributed by atoms with Crippen molar-refractivity contribution in [3.05, 3.63) is 29.8 Å². The monoisotopic (exact) mass is 288 g/mol. The average Bonchev–Trinajstić information content (AvgIpc) is 2.99. The lowest BCUT2D eigenvalue weighted by molar-refractivity contribution is -0.122. The predicted octanol–water partition coefficient (Wildman–Crippen LogP) is 2.52. The van der Waals surface area contributed by atoms with Crippen molar-refractivity contribution in [3.8, 4) is 0 Å². The van der Waals surface area contributed by atoms with E-state index in [0.29, 0.717) is 12.0 Å². The standard InChI is InChI=1S/C17H24N2O2/c1-12-10-15(14-4-2-3-5-16(14)19-12)17(20)18-8-6-13-7-9-21-11-13/h2-5,12-13,15,19H,6-11H2,1H3,(H,18,20). The third kappa shape index (κ3) is 3.38. The van der Waals surface area contributed by atoms with Crippen LogP contribution in [0.3, 0.4) is 0 Å². The Morgan fingerprint density at radius 3 is 3.10 bits per heavy atom. The van der Waals surface area contributed by atoms with E-state index in [1.54, 1.807) is 0 Å². The molecule has 1 aromatic rings. The highest BCUT2D eigenvalue weighted by atomic mass is 16.5. The minimum absolute atomic E-state index is 0.0303. The summed E-state index contributed by atoms with van der Waals surface area (Å²) in [6.45, 7) is 4.61. The molecule has 0 aromatic heterocycles. The molecule has 2 N–H and O–H groups in total. The van der Waals surface area contributed by atoms with Gasteiger partial charge >= 0.3 is 0 Å². The maximum atomic E-state index is 12.5. The lowest BCUT2D eigenvalue weighted by atomic mass is 9.87. The van der Waals surface area contributed by atoms with Crippen molar-refractivity contribution in [2.45, 2.75) is 38.1 Å². The van der Waals surface area contributed by atoms with E-state index >= 15 is 0 Å². The van der Waals surface area contributed by atoms with Crippen LogP contribution in [0.2, 0.25) is 0 Å². The van der Waals surface area contributed by atoms with Gasteiger partial charge in [-0.1, -0.05) is 18.2 Å². The highest BCUT2D eigenvalue weighted by Crippen LogP contribution is 2.34. The molecule has 0 saturated carbocycles. The summed E-state index contributed by atoms with van der Waals surface area (Å²) in [5.74, 6) is 0.747. The second kappa shape index (κ2) is 6.48. The van der Waals surface area contributed by atoms with E-state index in [1.165, 1.54) is 0 Å². The second-order valence-corrected chi connectivity index (χ2v) is 6.23. The zero-order valence-corrected chi connectivity index (χ0v) is 12.6. The molecular formula is C17H24N2O2. The first kappa shape index (κ1) is 14.4. The number of carbonyl (C=O) groups excluding carboxylic acids is 1. The molecule has 1 saturated heterocycles. The zero-order valence-electron chi connectivity index (χ0n) is 12.6. The molecule has 1 fully saturated rings. The molecule has 2 aliphatic heterocycles. The van der Waals surface area contributed by atoms with Crippen LogP contribution < -0.4 is 10.6 Å². The topological polar surface area (TPSA) is 50.4 Å². The van der Waals surface area contributed by atoms with E-state index in [-0.39, 0.29) is 11.8 Å². The molecule has 21 heavy (non-hydrogen) atoms. The summed E-state index contributed by atoms with van der Waals surface area (Å²) in [6.07, 6.45) is 3.01. The van der Waals surface area contributed by atoms with Crippen molar-refractivity contribution >= 4 is 11.6 Å². The first-order valence-corrected chi connectivity index (χ1v) is 7.95. The van der Waals surface area contributed by atoms with Gasteiger partial charge in [0, 0.05) is 31.5 Å². The SMILES string of the molecule is CC1CC(C(=O)NCCC2CCOC2)c2ccccc2N1. The number of hydrogen-bond donors (Lipinski definition) is 2. The summed E-state index contributed by atoms with van der Waals surface area (Å²) < 4.78 is 5.37. The summed E-state index contributed by atoms with van der Waals surface area (Å²) in [5, 5.41) is 6.57. The Bertz CT molecular complexity index is 497. The Morgan fingerprint density at radius 2 is 2.29 bits per heavy atom. The van der Waals surface area contributed by atoms with Crippen LogP contribution in [0, 0.1) is 5.92 Å². The number of ether oxygens (including phenoxy) is 1. The van der Waals surface area contributed by atoms with Gasteiger partial charge in [-0.15, -0.1) is 0 Å². The van der Waals surface area contributed by atoms with Gasteiger partial charge in [-0.25, -0.2) is 0 Å². The number of benzene rings is 1. The lowest BCUT2D eigenvalue weighted by Gasteiger charge is -2.30. The molecule has 3 unspecified atom stereocenters. The molecule has 114 valence electrons. The fraction of sp³-hybridized carbons (Fsp3) is 0.588. The maximum Gasteiger partial charge on any atom is 0.227 e. The fourth-order valence-corrected chi connectivity index (χ4v) is 3.32. The van der Waals surface area contributed by atoms with Crippen LogP contribution in [0.4, 0.5) is 5.69 Å². The Balaban J connectivity index is 1.59. The number of nitrogens with one attached hydrogen (secondary N) is 2. The van der Waals surface area contributed by atoms with E-state index in [9.17, 15) is 4.79 Å². The van der Waals surface area contributed by atoms with Crippen LogP contribution in [0.1, 0.15) is 37.7 Å². The van der Waals surface area contributed by atoms with E-state index in [2.05, 4.69) is 29.7 Å². The Morgan fingerprint density at radius 1 is 1.43 bits per heavy atom. The number of rotatable bonds is 4. The van der Waals surface area contributed by atoms with Crippen LogP contribution in [0.5, 0.6) is 0 Å². The van der Waals surface area contributed by atoms with Gasteiger partial charge in [-0.05, 0) is 43.7 Å². The normalized spacial score (nSPS) is 27.8. The summed E-state index contributed by atoms with van der Waals surface area (Å²) in [7, 11) is 0. The molecule has 2 heterocycles. The average molecular weight is 288 g/mol. The van der Waals surface area contributed by atoms with Crippen molar-refractivity contribution in [2.75, 3.05) is 25.1 Å².